The second-order valence-corrected chi connectivity index (χ2v) is 9.10. The van der Waals surface area contributed by atoms with Crippen molar-refractivity contribution in [1.29, 1.82) is 0 Å². The number of hydrogen-bond donors (Lipinski definition) is 1. The van der Waals surface area contributed by atoms with Gasteiger partial charge >= 0.3 is 0 Å². The number of anilines is 1. The summed E-state index contributed by atoms with van der Waals surface area (Å²) in [6.45, 7) is 6.23. The van der Waals surface area contributed by atoms with Crippen molar-refractivity contribution >= 4 is 33.2 Å². The average molecular weight is 407 g/mol. The molecule has 7 heteroatoms. The van der Waals surface area contributed by atoms with Crippen LogP contribution in [0.15, 0.2) is 41.3 Å². The van der Waals surface area contributed by atoms with E-state index in [1.54, 1.807) is 50.2 Å². The van der Waals surface area contributed by atoms with Gasteiger partial charge in [-0.25, -0.2) is 8.42 Å². The molecule has 1 amide bonds. The summed E-state index contributed by atoms with van der Waals surface area (Å²) in [5.41, 5.74) is 2.10. The normalized spacial score (nSPS) is 17.2. The van der Waals surface area contributed by atoms with Gasteiger partial charge in [0.15, 0.2) is 0 Å². The molecule has 3 rings (SSSR count). The smallest absolute Gasteiger partial charge is 0.262 e. The van der Waals surface area contributed by atoms with Gasteiger partial charge in [0, 0.05) is 28.9 Å². The van der Waals surface area contributed by atoms with E-state index in [-0.39, 0.29) is 16.8 Å². The van der Waals surface area contributed by atoms with Crippen molar-refractivity contribution in [3.05, 3.63) is 58.1 Å². The lowest BCUT2D eigenvalue weighted by atomic mass is 10.1. The van der Waals surface area contributed by atoms with Crippen LogP contribution in [0, 0.1) is 13.8 Å². The van der Waals surface area contributed by atoms with E-state index in [4.69, 9.17) is 11.6 Å². The molecule has 144 valence electrons. The number of halogens is 1. The van der Waals surface area contributed by atoms with Crippen molar-refractivity contribution in [3.63, 3.8) is 0 Å². The van der Waals surface area contributed by atoms with Crippen molar-refractivity contribution in [3.8, 4) is 0 Å². The Kier molecular flexibility index (Phi) is 5.49. The fraction of sp³-hybridized carbons (Fsp3) is 0.350. The van der Waals surface area contributed by atoms with Gasteiger partial charge in [0.05, 0.1) is 4.90 Å². The van der Waals surface area contributed by atoms with Crippen molar-refractivity contribution in [1.82, 2.24) is 4.90 Å². The number of benzene rings is 2. The van der Waals surface area contributed by atoms with E-state index in [2.05, 4.69) is 4.72 Å². The second kappa shape index (κ2) is 7.52. The highest BCUT2D eigenvalue weighted by Crippen LogP contribution is 2.26. The van der Waals surface area contributed by atoms with Gasteiger partial charge in [-0.1, -0.05) is 17.7 Å². The average Bonchev–Trinajstić information content (AvgIpc) is 3.03. The van der Waals surface area contributed by atoms with E-state index < -0.39 is 10.0 Å². The molecule has 0 unspecified atom stereocenters. The number of carbonyl (C=O) groups excluding carboxylic acids is 1. The summed E-state index contributed by atoms with van der Waals surface area (Å²) in [5.74, 6) is -0.0698. The highest BCUT2D eigenvalue weighted by Gasteiger charge is 2.26. The molecule has 0 saturated carbocycles. The van der Waals surface area contributed by atoms with Crippen LogP contribution >= 0.6 is 11.6 Å². The monoisotopic (exact) mass is 406 g/mol. The molecule has 0 spiro atoms. The fourth-order valence-electron chi connectivity index (χ4n) is 3.37. The molecule has 1 saturated heterocycles. The molecule has 1 aliphatic rings. The van der Waals surface area contributed by atoms with E-state index in [0.29, 0.717) is 27.4 Å². The molecule has 0 radical (unpaired) electrons. The number of aryl methyl sites for hydroxylation is 2. The van der Waals surface area contributed by atoms with E-state index >= 15 is 0 Å². The van der Waals surface area contributed by atoms with Crippen molar-refractivity contribution in [2.45, 2.75) is 44.6 Å². The number of nitrogens with zero attached hydrogens (tertiary/aromatic N) is 1. The molecule has 27 heavy (non-hydrogen) atoms. The Morgan fingerprint density at radius 2 is 1.93 bits per heavy atom. The Hall–Kier alpha value is -2.05. The third-order valence-corrected chi connectivity index (χ3v) is 6.85. The summed E-state index contributed by atoms with van der Waals surface area (Å²) >= 11 is 6.07. The van der Waals surface area contributed by atoms with Gasteiger partial charge in [-0.05, 0) is 75.1 Å². The van der Waals surface area contributed by atoms with Crippen LogP contribution in [-0.2, 0) is 10.0 Å². The molecule has 2 aromatic rings. The minimum atomic E-state index is -3.79. The first-order chi connectivity index (χ1) is 12.7. The molecule has 5 nitrogen and oxygen atoms in total. The molecule has 1 aliphatic heterocycles. The zero-order valence-electron chi connectivity index (χ0n) is 15.6. The molecule has 2 aromatic carbocycles. The Labute approximate surface area is 165 Å². The van der Waals surface area contributed by atoms with Gasteiger partial charge in [0.1, 0.15) is 0 Å². The van der Waals surface area contributed by atoms with Crippen LogP contribution in [0.2, 0.25) is 5.02 Å². The zero-order chi connectivity index (χ0) is 19.8. The minimum Gasteiger partial charge on any atom is -0.336 e. The molecular weight excluding hydrogens is 384 g/mol. The van der Waals surface area contributed by atoms with Crippen LogP contribution in [0.3, 0.4) is 0 Å². The number of amides is 1. The van der Waals surface area contributed by atoms with Crippen LogP contribution in [-0.4, -0.2) is 31.8 Å². The lowest BCUT2D eigenvalue weighted by Crippen LogP contribution is -2.33. The summed E-state index contributed by atoms with van der Waals surface area (Å²) < 4.78 is 28.2. The van der Waals surface area contributed by atoms with Crippen LogP contribution in [0.1, 0.15) is 41.3 Å². The minimum absolute atomic E-state index is 0.0698. The molecule has 0 bridgehead atoms. The van der Waals surface area contributed by atoms with E-state index in [1.807, 2.05) is 11.8 Å². The summed E-state index contributed by atoms with van der Waals surface area (Å²) in [4.78, 5) is 14.7. The Morgan fingerprint density at radius 1 is 1.19 bits per heavy atom. The van der Waals surface area contributed by atoms with Crippen molar-refractivity contribution in [2.75, 3.05) is 11.3 Å². The number of hydrogen-bond acceptors (Lipinski definition) is 3. The van der Waals surface area contributed by atoms with Crippen molar-refractivity contribution < 1.29 is 13.2 Å². The van der Waals surface area contributed by atoms with E-state index in [9.17, 15) is 13.2 Å². The molecule has 0 aliphatic carbocycles. The van der Waals surface area contributed by atoms with Crippen LogP contribution < -0.4 is 4.72 Å². The molecule has 1 fully saturated rings. The van der Waals surface area contributed by atoms with Gasteiger partial charge in [0.25, 0.3) is 15.9 Å². The Balaban J connectivity index is 1.88. The predicted molar refractivity (Wildman–Crippen MR) is 108 cm³/mol. The van der Waals surface area contributed by atoms with Crippen LogP contribution in [0.4, 0.5) is 5.69 Å². The maximum absolute atomic E-state index is 12.8. The number of likely N-dealkylation sites (tertiary alicyclic amines) is 1. The lowest BCUT2D eigenvalue weighted by molar-refractivity contribution is 0.0747. The standard InChI is InChI=1S/C20H23ClN2O3S/c1-13-11-19(14(2)10-18(13)21)27(25,26)22-17-8-4-7-16(12-17)20(24)23-9-5-6-15(23)3/h4,7-8,10-12,15,22H,5-6,9H2,1-3H3/t15-/m1/s1. The summed E-state index contributed by atoms with van der Waals surface area (Å²) in [5, 5.41) is 0.527. The second-order valence-electron chi connectivity index (χ2n) is 7.04. The van der Waals surface area contributed by atoms with Crippen LogP contribution in [0.5, 0.6) is 0 Å². The lowest BCUT2D eigenvalue weighted by Gasteiger charge is -2.21. The molecule has 1 N–H and O–H groups in total. The first-order valence-electron chi connectivity index (χ1n) is 8.89. The summed E-state index contributed by atoms with van der Waals surface area (Å²) in [6, 6.07) is 10.0. The third kappa shape index (κ3) is 4.12. The first kappa shape index (κ1) is 19.7. The highest BCUT2D eigenvalue weighted by molar-refractivity contribution is 7.92. The zero-order valence-corrected chi connectivity index (χ0v) is 17.2. The van der Waals surface area contributed by atoms with Crippen LogP contribution in [0.25, 0.3) is 0 Å². The van der Waals surface area contributed by atoms with Gasteiger partial charge in [-0.15, -0.1) is 0 Å². The maximum atomic E-state index is 12.8. The van der Waals surface area contributed by atoms with Crippen molar-refractivity contribution in [2.24, 2.45) is 0 Å². The maximum Gasteiger partial charge on any atom is 0.262 e. The summed E-state index contributed by atoms with van der Waals surface area (Å²) in [6.07, 6.45) is 1.99. The number of rotatable bonds is 4. The molecule has 1 atom stereocenters. The van der Waals surface area contributed by atoms with Gasteiger partial charge in [-0.3, -0.25) is 9.52 Å². The topological polar surface area (TPSA) is 66.5 Å². The highest BCUT2D eigenvalue weighted by atomic mass is 35.5. The SMILES string of the molecule is Cc1cc(S(=O)(=O)Nc2cccc(C(=O)N3CCC[C@H]3C)c2)c(C)cc1Cl. The van der Waals surface area contributed by atoms with Gasteiger partial charge < -0.3 is 4.90 Å². The molecule has 0 aromatic heterocycles. The number of nitrogens with one attached hydrogen (secondary N) is 1. The first-order valence-corrected chi connectivity index (χ1v) is 10.8. The number of sulfonamides is 1. The third-order valence-electron chi connectivity index (χ3n) is 4.92. The fourth-order valence-corrected chi connectivity index (χ4v) is 4.95. The van der Waals surface area contributed by atoms with Gasteiger partial charge in [-0.2, -0.15) is 0 Å². The van der Waals surface area contributed by atoms with E-state index in [1.165, 1.54) is 0 Å². The quantitative estimate of drug-likeness (QED) is 0.819. The largest absolute Gasteiger partial charge is 0.336 e. The number of carbonyl (C=O) groups is 1. The predicted octanol–water partition coefficient (Wildman–Crippen LogP) is 4.38. The molecular formula is C20H23ClN2O3S. The Bertz CT molecular complexity index is 989. The summed E-state index contributed by atoms with van der Waals surface area (Å²) in [7, 11) is -3.79. The Morgan fingerprint density at radius 3 is 2.59 bits per heavy atom. The molecule has 1 heterocycles. The van der Waals surface area contributed by atoms with Gasteiger partial charge in [0.2, 0.25) is 0 Å². The van der Waals surface area contributed by atoms with E-state index in [0.717, 1.165) is 19.4 Å².